The molecule has 0 saturated heterocycles. The molecule has 2 nitrogen and oxygen atoms in total. The van der Waals surface area contributed by atoms with Gasteiger partial charge in [0.25, 0.3) is 0 Å². The van der Waals surface area contributed by atoms with Gasteiger partial charge < -0.3 is 4.57 Å². The first-order chi connectivity index (χ1) is 11.6. The monoisotopic (exact) mass is 374 g/mol. The van der Waals surface area contributed by atoms with Crippen molar-refractivity contribution in [3.05, 3.63) is 80.9 Å². The molecule has 0 aliphatic heterocycles. The van der Waals surface area contributed by atoms with Gasteiger partial charge in [0.1, 0.15) is 0 Å². The van der Waals surface area contributed by atoms with Gasteiger partial charge in [0.05, 0.1) is 21.4 Å². The third-order valence-electron chi connectivity index (χ3n) is 3.60. The molecule has 0 aliphatic rings. The summed E-state index contributed by atoms with van der Waals surface area (Å²) in [7, 11) is 0. The number of hydrogen-bond acceptors (Lipinski definition) is 2. The second kappa shape index (κ2) is 7.39. The minimum atomic E-state index is 0.467. The van der Waals surface area contributed by atoms with Gasteiger partial charge in [0.15, 0.2) is 4.80 Å². The maximum atomic E-state index is 6.26. The molecule has 0 amide bonds. The molecule has 0 bridgehead atoms. The molecular weight excluding hydrogens is 359 g/mol. The third-order valence-corrected chi connectivity index (χ3v) is 5.28. The summed E-state index contributed by atoms with van der Waals surface area (Å²) in [5.41, 5.74) is 4.16. The fourth-order valence-electron chi connectivity index (χ4n) is 2.36. The van der Waals surface area contributed by atoms with Gasteiger partial charge in [-0.15, -0.1) is 17.9 Å². The van der Waals surface area contributed by atoms with Crippen LogP contribution < -0.4 is 4.80 Å². The third kappa shape index (κ3) is 3.48. The minimum absolute atomic E-state index is 0.467. The zero-order chi connectivity index (χ0) is 17.1. The lowest BCUT2D eigenvalue weighted by molar-refractivity contribution is 0.800. The first-order valence-corrected chi connectivity index (χ1v) is 9.08. The van der Waals surface area contributed by atoms with Crippen LogP contribution in [0, 0.1) is 6.92 Å². The number of rotatable bonds is 4. The van der Waals surface area contributed by atoms with Crippen LogP contribution in [0.3, 0.4) is 0 Å². The van der Waals surface area contributed by atoms with Crippen LogP contribution >= 0.6 is 34.5 Å². The maximum absolute atomic E-state index is 6.26. The fourth-order valence-corrected chi connectivity index (χ4v) is 3.63. The van der Waals surface area contributed by atoms with Crippen molar-refractivity contribution < 1.29 is 0 Å². The Balaban J connectivity index is 2.15. The van der Waals surface area contributed by atoms with Crippen molar-refractivity contribution >= 4 is 40.2 Å². The molecule has 0 unspecified atom stereocenters. The van der Waals surface area contributed by atoms with Crippen molar-refractivity contribution in [3.8, 4) is 11.3 Å². The molecule has 3 aromatic rings. The Bertz CT molecular complexity index is 937. The van der Waals surface area contributed by atoms with Crippen LogP contribution in [0.4, 0.5) is 5.69 Å². The molecule has 24 heavy (non-hydrogen) atoms. The molecule has 3 rings (SSSR count). The zero-order valence-corrected chi connectivity index (χ0v) is 15.5. The largest absolute Gasteiger partial charge is 0.313 e. The van der Waals surface area contributed by atoms with Crippen molar-refractivity contribution in [2.45, 2.75) is 13.5 Å². The van der Waals surface area contributed by atoms with Crippen molar-refractivity contribution in [1.29, 1.82) is 0 Å². The lowest BCUT2D eigenvalue weighted by Crippen LogP contribution is -2.14. The van der Waals surface area contributed by atoms with E-state index in [1.165, 1.54) is 5.56 Å². The van der Waals surface area contributed by atoms with Crippen LogP contribution in [0.1, 0.15) is 5.56 Å². The molecule has 5 heteroatoms. The molecule has 0 aliphatic carbocycles. The highest BCUT2D eigenvalue weighted by atomic mass is 35.5. The van der Waals surface area contributed by atoms with Crippen LogP contribution in [0.25, 0.3) is 11.3 Å². The van der Waals surface area contributed by atoms with Crippen LogP contribution in [0.15, 0.2) is 65.5 Å². The van der Waals surface area contributed by atoms with Crippen molar-refractivity contribution in [2.75, 3.05) is 0 Å². The highest BCUT2D eigenvalue weighted by Gasteiger charge is 2.08. The number of hydrogen-bond donors (Lipinski definition) is 0. The summed E-state index contributed by atoms with van der Waals surface area (Å²) in [6.07, 6.45) is 1.86. The number of aryl methyl sites for hydroxylation is 1. The Kier molecular flexibility index (Phi) is 5.24. The van der Waals surface area contributed by atoms with Crippen molar-refractivity contribution in [1.82, 2.24) is 4.57 Å². The van der Waals surface area contributed by atoms with Crippen LogP contribution in [0.5, 0.6) is 0 Å². The number of benzene rings is 2. The average molecular weight is 375 g/mol. The fraction of sp³-hybridized carbons (Fsp3) is 0.105. The van der Waals surface area contributed by atoms with E-state index in [2.05, 4.69) is 47.7 Å². The highest BCUT2D eigenvalue weighted by Crippen LogP contribution is 2.31. The normalized spacial score (nSPS) is 11.7. The summed E-state index contributed by atoms with van der Waals surface area (Å²) in [5.74, 6) is 0. The van der Waals surface area contributed by atoms with Gasteiger partial charge in [-0.25, -0.2) is 4.99 Å². The number of aromatic nitrogens is 1. The summed E-state index contributed by atoms with van der Waals surface area (Å²) in [6.45, 7) is 6.61. The standard InChI is InChI=1S/C19H16Cl2N2S/c1-3-11-23-17(14-9-7-13(2)8-10-14)12-24-19(23)22-16-6-4-5-15(20)18(16)21/h3-10,12H,1,11H2,2H3. The van der Waals surface area contributed by atoms with Gasteiger partial charge in [0, 0.05) is 11.9 Å². The Morgan fingerprint density at radius 1 is 1.17 bits per heavy atom. The summed E-state index contributed by atoms with van der Waals surface area (Å²) in [6, 6.07) is 13.9. The van der Waals surface area contributed by atoms with E-state index >= 15 is 0 Å². The first kappa shape index (κ1) is 17.0. The quantitative estimate of drug-likeness (QED) is 0.480. The zero-order valence-electron chi connectivity index (χ0n) is 13.2. The van der Waals surface area contributed by atoms with E-state index in [1.807, 2.05) is 18.2 Å². The average Bonchev–Trinajstić information content (AvgIpc) is 2.96. The van der Waals surface area contributed by atoms with Gasteiger partial charge in [-0.2, -0.15) is 0 Å². The summed E-state index contributed by atoms with van der Waals surface area (Å²) >= 11 is 13.9. The second-order valence-corrected chi connectivity index (χ2v) is 6.98. The number of nitrogens with zero attached hydrogens (tertiary/aromatic N) is 2. The van der Waals surface area contributed by atoms with Gasteiger partial charge in [-0.3, -0.25) is 0 Å². The molecule has 0 fully saturated rings. The van der Waals surface area contributed by atoms with Crippen LogP contribution in [-0.2, 0) is 6.54 Å². The maximum Gasteiger partial charge on any atom is 0.190 e. The van der Waals surface area contributed by atoms with E-state index in [4.69, 9.17) is 28.2 Å². The molecule has 0 atom stereocenters. The Morgan fingerprint density at radius 2 is 1.92 bits per heavy atom. The first-order valence-electron chi connectivity index (χ1n) is 7.45. The lowest BCUT2D eigenvalue weighted by Gasteiger charge is -2.07. The molecule has 0 spiro atoms. The Morgan fingerprint density at radius 3 is 2.62 bits per heavy atom. The van der Waals surface area contributed by atoms with E-state index in [1.54, 1.807) is 17.4 Å². The molecule has 122 valence electrons. The smallest absolute Gasteiger partial charge is 0.190 e. The SMILES string of the molecule is C=CCn1c(-c2ccc(C)cc2)csc1=Nc1cccc(Cl)c1Cl. The Hall–Kier alpha value is -1.81. The van der Waals surface area contributed by atoms with E-state index in [9.17, 15) is 0 Å². The molecule has 1 heterocycles. The van der Waals surface area contributed by atoms with Gasteiger partial charge in [-0.1, -0.05) is 65.2 Å². The Labute approximate surface area is 155 Å². The summed E-state index contributed by atoms with van der Waals surface area (Å²) in [5, 5.41) is 3.07. The number of allylic oxidation sites excluding steroid dienone is 1. The van der Waals surface area contributed by atoms with Crippen LogP contribution in [-0.4, -0.2) is 4.57 Å². The van der Waals surface area contributed by atoms with Gasteiger partial charge in [0.2, 0.25) is 0 Å². The van der Waals surface area contributed by atoms with Crippen molar-refractivity contribution in [2.24, 2.45) is 4.99 Å². The van der Waals surface area contributed by atoms with Crippen LogP contribution in [0.2, 0.25) is 10.0 Å². The van der Waals surface area contributed by atoms with Crippen molar-refractivity contribution in [3.63, 3.8) is 0 Å². The molecule has 2 aromatic carbocycles. The molecule has 0 N–H and O–H groups in total. The van der Waals surface area contributed by atoms with Gasteiger partial charge in [-0.05, 0) is 24.6 Å². The number of thiazole rings is 1. The molecule has 1 aromatic heterocycles. The highest BCUT2D eigenvalue weighted by molar-refractivity contribution is 7.07. The molecular formula is C19H16Cl2N2S. The summed E-state index contributed by atoms with van der Waals surface area (Å²) in [4.78, 5) is 5.56. The number of halogens is 2. The molecule has 0 radical (unpaired) electrons. The van der Waals surface area contributed by atoms with E-state index in [0.29, 0.717) is 22.3 Å². The summed E-state index contributed by atoms with van der Waals surface area (Å²) < 4.78 is 2.12. The van der Waals surface area contributed by atoms with E-state index < -0.39 is 0 Å². The minimum Gasteiger partial charge on any atom is -0.313 e. The van der Waals surface area contributed by atoms with E-state index in [-0.39, 0.29) is 0 Å². The predicted octanol–water partition coefficient (Wildman–Crippen LogP) is 6.25. The lowest BCUT2D eigenvalue weighted by atomic mass is 10.1. The molecule has 0 saturated carbocycles. The topological polar surface area (TPSA) is 17.3 Å². The predicted molar refractivity (Wildman–Crippen MR) is 104 cm³/mol. The van der Waals surface area contributed by atoms with E-state index in [0.717, 1.165) is 16.1 Å². The van der Waals surface area contributed by atoms with Gasteiger partial charge >= 0.3 is 0 Å². The second-order valence-electron chi connectivity index (χ2n) is 5.35.